The molecule has 2 N–H and O–H groups in total. The number of hydrogen-bond acceptors (Lipinski definition) is 5. The Kier molecular flexibility index (Phi) is 7.25. The standard InChI is InChI=1S/C10H22N2O2S3/c1-3-11-6-9(2)17(13,14)12-7-10-8-15-4-5-16-10/h9-12H,3-8H2,1-2H3. The third-order valence-corrected chi connectivity index (χ3v) is 7.25. The van der Waals surface area contributed by atoms with Gasteiger partial charge in [-0.05, 0) is 13.5 Å². The van der Waals surface area contributed by atoms with E-state index in [1.807, 2.05) is 30.4 Å². The number of hydrogen-bond donors (Lipinski definition) is 2. The summed E-state index contributed by atoms with van der Waals surface area (Å²) in [7, 11) is -3.17. The third-order valence-electron chi connectivity index (χ3n) is 2.61. The van der Waals surface area contributed by atoms with Crippen molar-refractivity contribution in [1.29, 1.82) is 0 Å². The summed E-state index contributed by atoms with van der Waals surface area (Å²) in [4.78, 5) is 0. The molecule has 1 fully saturated rings. The minimum atomic E-state index is -3.17. The second-order valence-corrected chi connectivity index (χ2v) is 8.82. The van der Waals surface area contributed by atoms with E-state index in [0.717, 1.165) is 18.1 Å². The number of thioether (sulfide) groups is 2. The summed E-state index contributed by atoms with van der Waals surface area (Å²) >= 11 is 3.78. The highest BCUT2D eigenvalue weighted by Gasteiger charge is 2.22. The van der Waals surface area contributed by atoms with E-state index < -0.39 is 10.0 Å². The second-order valence-electron chi connectivity index (χ2n) is 4.08. The molecule has 0 aromatic heterocycles. The van der Waals surface area contributed by atoms with Gasteiger partial charge in [0.25, 0.3) is 0 Å². The Labute approximate surface area is 113 Å². The molecule has 0 radical (unpaired) electrons. The Morgan fingerprint density at radius 2 is 2.18 bits per heavy atom. The van der Waals surface area contributed by atoms with Gasteiger partial charge in [0.2, 0.25) is 10.0 Å². The average Bonchev–Trinajstić information content (AvgIpc) is 2.35. The minimum absolute atomic E-state index is 0.372. The van der Waals surface area contributed by atoms with Crippen molar-refractivity contribution >= 4 is 33.5 Å². The Balaban J connectivity index is 2.32. The molecule has 2 unspecified atom stereocenters. The van der Waals surface area contributed by atoms with E-state index in [1.54, 1.807) is 6.92 Å². The number of nitrogens with one attached hydrogen (secondary N) is 2. The van der Waals surface area contributed by atoms with Crippen molar-refractivity contribution in [3.63, 3.8) is 0 Å². The molecular weight excluding hydrogens is 276 g/mol. The van der Waals surface area contributed by atoms with Gasteiger partial charge in [-0.25, -0.2) is 13.1 Å². The van der Waals surface area contributed by atoms with Gasteiger partial charge in [0.1, 0.15) is 0 Å². The average molecular weight is 298 g/mol. The first kappa shape index (κ1) is 15.6. The maximum absolute atomic E-state index is 11.9. The van der Waals surface area contributed by atoms with E-state index >= 15 is 0 Å². The van der Waals surface area contributed by atoms with Crippen molar-refractivity contribution in [2.75, 3.05) is 36.9 Å². The molecule has 1 aliphatic heterocycles. The molecular formula is C10H22N2O2S3. The van der Waals surface area contributed by atoms with Gasteiger partial charge in [-0.15, -0.1) is 0 Å². The predicted molar refractivity (Wildman–Crippen MR) is 78.5 cm³/mol. The van der Waals surface area contributed by atoms with Crippen LogP contribution in [0.15, 0.2) is 0 Å². The van der Waals surface area contributed by atoms with Crippen LogP contribution in [-0.2, 0) is 10.0 Å². The fourth-order valence-electron chi connectivity index (χ4n) is 1.46. The fourth-order valence-corrected chi connectivity index (χ4v) is 5.24. The SMILES string of the molecule is CCNCC(C)S(=O)(=O)NCC1CSCCS1. The molecule has 0 aromatic rings. The summed E-state index contributed by atoms with van der Waals surface area (Å²) < 4.78 is 26.6. The molecule has 2 atom stereocenters. The van der Waals surface area contributed by atoms with Gasteiger partial charge in [-0.3, -0.25) is 0 Å². The van der Waals surface area contributed by atoms with Crippen LogP contribution in [-0.4, -0.2) is 55.8 Å². The number of sulfonamides is 1. The van der Waals surface area contributed by atoms with Gasteiger partial charge < -0.3 is 5.32 Å². The molecule has 0 spiro atoms. The zero-order valence-corrected chi connectivity index (χ0v) is 12.9. The summed E-state index contributed by atoms with van der Waals surface area (Å²) in [5.74, 6) is 3.36. The van der Waals surface area contributed by atoms with Crippen molar-refractivity contribution in [1.82, 2.24) is 10.0 Å². The minimum Gasteiger partial charge on any atom is -0.316 e. The lowest BCUT2D eigenvalue weighted by molar-refractivity contribution is 0.560. The summed E-state index contributed by atoms with van der Waals surface area (Å²) in [5.41, 5.74) is 0. The van der Waals surface area contributed by atoms with Crippen molar-refractivity contribution in [2.45, 2.75) is 24.3 Å². The van der Waals surface area contributed by atoms with E-state index in [4.69, 9.17) is 0 Å². The molecule has 4 nitrogen and oxygen atoms in total. The third kappa shape index (κ3) is 5.83. The topological polar surface area (TPSA) is 58.2 Å². The molecule has 0 aromatic carbocycles. The van der Waals surface area contributed by atoms with E-state index in [0.29, 0.717) is 18.3 Å². The summed E-state index contributed by atoms with van der Waals surface area (Å²) in [5, 5.41) is 3.12. The summed E-state index contributed by atoms with van der Waals surface area (Å²) in [6.45, 7) is 5.60. The molecule has 17 heavy (non-hydrogen) atoms. The lowest BCUT2D eigenvalue weighted by atomic mass is 10.5. The van der Waals surface area contributed by atoms with Gasteiger partial charge >= 0.3 is 0 Å². The summed E-state index contributed by atoms with van der Waals surface area (Å²) in [6, 6.07) is 0. The van der Waals surface area contributed by atoms with Crippen LogP contribution in [0.1, 0.15) is 13.8 Å². The molecule has 1 saturated heterocycles. The highest BCUT2D eigenvalue weighted by atomic mass is 32.2. The molecule has 0 aliphatic carbocycles. The van der Waals surface area contributed by atoms with E-state index in [2.05, 4.69) is 10.0 Å². The molecule has 1 rings (SSSR count). The molecule has 1 heterocycles. The smallest absolute Gasteiger partial charge is 0.215 e. The zero-order valence-electron chi connectivity index (χ0n) is 10.4. The summed E-state index contributed by atoms with van der Waals surface area (Å²) in [6.07, 6.45) is 0. The Morgan fingerprint density at radius 1 is 1.41 bits per heavy atom. The second kappa shape index (κ2) is 7.89. The molecule has 0 bridgehead atoms. The number of rotatable bonds is 7. The first-order chi connectivity index (χ1) is 8.06. The van der Waals surface area contributed by atoms with Crippen LogP contribution in [0.5, 0.6) is 0 Å². The lowest BCUT2D eigenvalue weighted by Gasteiger charge is -2.22. The van der Waals surface area contributed by atoms with Gasteiger partial charge in [-0.1, -0.05) is 6.92 Å². The maximum Gasteiger partial charge on any atom is 0.215 e. The van der Waals surface area contributed by atoms with Crippen molar-refractivity contribution in [2.24, 2.45) is 0 Å². The normalized spacial score (nSPS) is 23.5. The molecule has 102 valence electrons. The molecule has 7 heteroatoms. The highest BCUT2D eigenvalue weighted by molar-refractivity contribution is 8.06. The quantitative estimate of drug-likeness (QED) is 0.726. The Hall–Kier alpha value is 0.570. The molecule has 0 saturated carbocycles. The Bertz CT molecular complexity index is 303. The van der Waals surface area contributed by atoms with Crippen LogP contribution in [0, 0.1) is 0 Å². The molecule has 1 aliphatic rings. The largest absolute Gasteiger partial charge is 0.316 e. The van der Waals surface area contributed by atoms with Crippen molar-refractivity contribution < 1.29 is 8.42 Å². The zero-order chi connectivity index (χ0) is 12.7. The van der Waals surface area contributed by atoms with Gasteiger partial charge in [0.05, 0.1) is 5.25 Å². The first-order valence-corrected chi connectivity index (χ1v) is 9.69. The van der Waals surface area contributed by atoms with Gasteiger partial charge in [0.15, 0.2) is 0 Å². The monoisotopic (exact) mass is 298 g/mol. The van der Waals surface area contributed by atoms with Gasteiger partial charge in [0, 0.05) is 35.6 Å². The van der Waals surface area contributed by atoms with E-state index in [-0.39, 0.29) is 5.25 Å². The van der Waals surface area contributed by atoms with Crippen LogP contribution in [0.3, 0.4) is 0 Å². The van der Waals surface area contributed by atoms with Crippen LogP contribution in [0.4, 0.5) is 0 Å². The van der Waals surface area contributed by atoms with Gasteiger partial charge in [-0.2, -0.15) is 23.5 Å². The maximum atomic E-state index is 11.9. The van der Waals surface area contributed by atoms with Crippen LogP contribution >= 0.6 is 23.5 Å². The van der Waals surface area contributed by atoms with Crippen LogP contribution in [0.25, 0.3) is 0 Å². The van der Waals surface area contributed by atoms with Crippen LogP contribution in [0.2, 0.25) is 0 Å². The first-order valence-electron chi connectivity index (χ1n) is 5.94. The fraction of sp³-hybridized carbons (Fsp3) is 1.00. The highest BCUT2D eigenvalue weighted by Crippen LogP contribution is 2.23. The van der Waals surface area contributed by atoms with Crippen LogP contribution < -0.4 is 10.0 Å². The van der Waals surface area contributed by atoms with E-state index in [9.17, 15) is 8.42 Å². The lowest BCUT2D eigenvalue weighted by Crippen LogP contribution is -2.42. The van der Waals surface area contributed by atoms with Crippen molar-refractivity contribution in [3.8, 4) is 0 Å². The Morgan fingerprint density at radius 3 is 2.76 bits per heavy atom. The van der Waals surface area contributed by atoms with E-state index in [1.165, 1.54) is 5.75 Å². The molecule has 0 amide bonds. The predicted octanol–water partition coefficient (Wildman–Crippen LogP) is 0.752. The van der Waals surface area contributed by atoms with Crippen molar-refractivity contribution in [3.05, 3.63) is 0 Å².